The number of rotatable bonds is 8. The Labute approximate surface area is 717 Å². The molecule has 0 spiro atoms. The van der Waals surface area contributed by atoms with Gasteiger partial charge in [0.15, 0.2) is 0 Å². The number of hydrogen-bond acceptors (Lipinski definition) is 8. The molecule has 0 N–H and O–H groups in total. The van der Waals surface area contributed by atoms with Gasteiger partial charge in [-0.15, -0.1) is 34.0 Å². The number of fused-ring (bicyclic) bond motifs is 20. The molecule has 6 heterocycles. The summed E-state index contributed by atoms with van der Waals surface area (Å²) in [5.74, 6) is 0. The molecule has 0 fully saturated rings. The first-order chi connectivity index (χ1) is 59.8. The molecule has 0 aliphatic carbocycles. The van der Waals surface area contributed by atoms with Crippen LogP contribution in [-0.4, -0.2) is 0 Å². The fourth-order valence-corrected chi connectivity index (χ4v) is 24.3. The summed E-state index contributed by atoms with van der Waals surface area (Å²) in [7, 11) is 0. The Morgan fingerprint density at radius 2 is 0.672 bits per heavy atom. The molecule has 122 heavy (non-hydrogen) atoms. The van der Waals surface area contributed by atoms with E-state index in [0.29, 0.717) is 0 Å². The monoisotopic (exact) mass is 1610 g/mol. The second-order valence-electron chi connectivity index (χ2n) is 34.3. The average molecular weight is 1620 g/mol. The minimum absolute atomic E-state index is 0.185. The summed E-state index contributed by atoms with van der Waals surface area (Å²) in [5.41, 5.74) is 23.3. The molecule has 0 amide bonds. The first-order valence-electron chi connectivity index (χ1n) is 42.2. The molecule has 0 saturated carbocycles. The van der Waals surface area contributed by atoms with Crippen molar-refractivity contribution in [1.29, 1.82) is 0 Å². The molecule has 0 atom stereocenters. The SMILES string of the molecule is CC1(C)c2ccccc2N(c2ccc3c4cccc5c(N(c6ccccc6)c6ccc7sc8ccccc8c7c6)ccc(c6cccc2c63)c54)c2cc3sc4ccccc4c3cc21.Cc1ccc2c(N3c4ccccc4C(C)(C)c4cc5c(cc43)sc3ccccc35)c3cc(C)ccc3c(N(c3ccccc3)c3ccc4oc5ccccc5c4c3)c2c1. The highest BCUT2D eigenvalue weighted by atomic mass is 32.1. The van der Waals surface area contributed by atoms with Crippen LogP contribution in [0.15, 0.2) is 368 Å². The number of aryl methyl sites for hydroxylation is 2. The van der Waals surface area contributed by atoms with Gasteiger partial charge in [-0.3, -0.25) is 0 Å². The summed E-state index contributed by atoms with van der Waals surface area (Å²) >= 11 is 5.65. The fraction of sp³-hybridized carbons (Fsp3) is 0.0702. The number of furan rings is 1. The molecule has 578 valence electrons. The van der Waals surface area contributed by atoms with Crippen molar-refractivity contribution in [3.63, 3.8) is 0 Å². The van der Waals surface area contributed by atoms with Crippen molar-refractivity contribution in [3.8, 4) is 0 Å². The summed E-state index contributed by atoms with van der Waals surface area (Å²) < 4.78 is 14.2. The van der Waals surface area contributed by atoms with E-state index < -0.39 is 0 Å². The van der Waals surface area contributed by atoms with Gasteiger partial charge in [0.25, 0.3) is 0 Å². The van der Waals surface area contributed by atoms with Crippen molar-refractivity contribution in [3.05, 3.63) is 397 Å². The van der Waals surface area contributed by atoms with Gasteiger partial charge in [0.2, 0.25) is 0 Å². The van der Waals surface area contributed by atoms with Crippen LogP contribution in [0.25, 0.3) is 147 Å². The second-order valence-corrected chi connectivity index (χ2v) is 37.5. The van der Waals surface area contributed by atoms with Crippen LogP contribution in [-0.2, 0) is 10.8 Å². The lowest BCUT2D eigenvalue weighted by molar-refractivity contribution is 0.633. The van der Waals surface area contributed by atoms with E-state index in [1.54, 1.807) is 0 Å². The van der Waals surface area contributed by atoms with Crippen LogP contribution < -0.4 is 19.6 Å². The molecule has 20 aromatic carbocycles. The van der Waals surface area contributed by atoms with Crippen LogP contribution in [0.2, 0.25) is 0 Å². The van der Waals surface area contributed by atoms with Gasteiger partial charge in [0, 0.05) is 137 Å². The first-order valence-corrected chi connectivity index (χ1v) is 44.6. The molecule has 26 rings (SSSR count). The summed E-state index contributed by atoms with van der Waals surface area (Å²) in [6.45, 7) is 14.0. The zero-order valence-electron chi connectivity index (χ0n) is 68.1. The zero-order chi connectivity index (χ0) is 81.1. The van der Waals surface area contributed by atoms with Gasteiger partial charge in [-0.25, -0.2) is 0 Å². The molecule has 0 bridgehead atoms. The van der Waals surface area contributed by atoms with Gasteiger partial charge < -0.3 is 24.0 Å². The third-order valence-electron chi connectivity index (χ3n) is 26.6. The maximum absolute atomic E-state index is 6.34. The molecular weight excluding hydrogens is 1540 g/mol. The highest BCUT2D eigenvalue weighted by Gasteiger charge is 2.41. The summed E-state index contributed by atoms with van der Waals surface area (Å²) in [5, 5.41) is 25.2. The van der Waals surface area contributed by atoms with Crippen LogP contribution >= 0.6 is 34.0 Å². The average Bonchev–Trinajstić information content (AvgIpc) is 0.795. The number of nitrogens with zero attached hydrogens (tertiary/aromatic N) is 4. The minimum atomic E-state index is -0.224. The molecule has 0 saturated heterocycles. The Balaban J connectivity index is 0.000000135. The number of benzene rings is 20. The van der Waals surface area contributed by atoms with Gasteiger partial charge in [0.05, 0.1) is 45.5 Å². The Bertz CT molecular complexity index is 8520. The Kier molecular flexibility index (Phi) is 15.5. The van der Waals surface area contributed by atoms with Gasteiger partial charge in [-0.2, -0.15) is 0 Å². The largest absolute Gasteiger partial charge is 0.456 e. The van der Waals surface area contributed by atoms with Gasteiger partial charge in [-0.05, 0) is 214 Å². The van der Waals surface area contributed by atoms with Crippen molar-refractivity contribution in [1.82, 2.24) is 0 Å². The summed E-state index contributed by atoms with van der Waals surface area (Å²) in [4.78, 5) is 10.1. The lowest BCUT2D eigenvalue weighted by Crippen LogP contribution is -2.30. The number of hydrogen-bond donors (Lipinski definition) is 0. The van der Waals surface area contributed by atoms with Gasteiger partial charge in [0.1, 0.15) is 11.2 Å². The van der Waals surface area contributed by atoms with E-state index in [9.17, 15) is 0 Å². The standard InChI is InChI=1S/C59H38N2S2.C55H40N2OS/c1-59(2)47-22-8-9-23-51(47)61(52-34-56-46(33-48(52)59)38-17-7-11-25-54(38)63-56)50-30-28-42-39-18-12-20-43-49(29-27-41(57(39)43)40-19-13-21-44(50)58(40)42)60(35-14-4-3-5-15-35)36-26-31-55-45(32-36)37-16-6-10-24-53(37)62-55;1-33-23-26-40-43(28-33)53(56(35-14-6-5-7-15-35)36-24-27-50-41(30-36)37-16-8-12-20-49(37)58-50)39-25-22-34(2)29-44(39)54(40)57-47-19-11-10-18-45(47)55(3,4)46-31-42-38-17-9-13-21-51(38)59-52(42)32-48(46)57/h3-34H,1-2H3;5-32H,1-4H3. The Hall–Kier alpha value is -14.1. The van der Waals surface area contributed by atoms with Gasteiger partial charge in [-0.1, -0.05) is 257 Å². The van der Waals surface area contributed by atoms with Crippen molar-refractivity contribution < 1.29 is 4.42 Å². The lowest BCUT2D eigenvalue weighted by Gasteiger charge is -2.43. The van der Waals surface area contributed by atoms with E-state index in [1.165, 1.54) is 198 Å². The maximum Gasteiger partial charge on any atom is 0.135 e. The molecular formula is C114H78N4OS3. The van der Waals surface area contributed by atoms with E-state index in [4.69, 9.17) is 4.42 Å². The Morgan fingerprint density at radius 3 is 1.31 bits per heavy atom. The predicted molar refractivity (Wildman–Crippen MR) is 528 cm³/mol. The smallest absolute Gasteiger partial charge is 0.135 e. The zero-order valence-corrected chi connectivity index (χ0v) is 70.5. The van der Waals surface area contributed by atoms with Crippen LogP contribution in [0.1, 0.15) is 61.1 Å². The lowest BCUT2D eigenvalue weighted by atomic mass is 9.73. The van der Waals surface area contributed by atoms with E-state index in [-0.39, 0.29) is 10.8 Å². The maximum atomic E-state index is 6.34. The summed E-state index contributed by atoms with van der Waals surface area (Å²) in [6.07, 6.45) is 0. The first kappa shape index (κ1) is 70.9. The van der Waals surface area contributed by atoms with E-state index in [0.717, 1.165) is 50.4 Å². The van der Waals surface area contributed by atoms with Crippen LogP contribution in [0, 0.1) is 13.8 Å². The van der Waals surface area contributed by atoms with E-state index >= 15 is 0 Å². The normalized spacial score (nSPS) is 13.6. The van der Waals surface area contributed by atoms with Crippen molar-refractivity contribution in [2.24, 2.45) is 0 Å². The molecule has 5 nitrogen and oxygen atoms in total. The topological polar surface area (TPSA) is 26.1 Å². The van der Waals surface area contributed by atoms with E-state index in [1.807, 2.05) is 40.1 Å². The van der Waals surface area contributed by atoms with Crippen LogP contribution in [0.3, 0.4) is 0 Å². The highest BCUT2D eigenvalue weighted by molar-refractivity contribution is 7.26. The molecule has 2 aliphatic rings. The third kappa shape index (κ3) is 10.4. The number of thiophene rings is 3. The Morgan fingerprint density at radius 1 is 0.238 bits per heavy atom. The molecule has 24 aromatic rings. The highest BCUT2D eigenvalue weighted by Crippen LogP contribution is 2.61. The third-order valence-corrected chi connectivity index (χ3v) is 30.1. The van der Waals surface area contributed by atoms with Crippen molar-refractivity contribution in [2.45, 2.75) is 52.4 Å². The van der Waals surface area contributed by atoms with Gasteiger partial charge >= 0.3 is 0 Å². The predicted octanol–water partition coefficient (Wildman–Crippen LogP) is 34.5. The van der Waals surface area contributed by atoms with E-state index in [2.05, 4.69) is 419 Å². The molecule has 2 aliphatic heterocycles. The van der Waals surface area contributed by atoms with Crippen molar-refractivity contribution in [2.75, 3.05) is 19.6 Å². The van der Waals surface area contributed by atoms with Crippen molar-refractivity contribution >= 4 is 249 Å². The molecule has 4 aromatic heterocycles. The number of para-hydroxylation sites is 5. The second kappa shape index (κ2) is 26.7. The fourth-order valence-electron chi connectivity index (χ4n) is 21.0. The molecule has 0 unspecified atom stereocenters. The minimum Gasteiger partial charge on any atom is -0.456 e. The molecule has 0 radical (unpaired) electrons. The van der Waals surface area contributed by atoms with Crippen LogP contribution in [0.4, 0.5) is 68.2 Å². The van der Waals surface area contributed by atoms with Crippen LogP contribution in [0.5, 0.6) is 0 Å². The summed E-state index contributed by atoms with van der Waals surface area (Å²) in [6, 6.07) is 136. The molecule has 8 heteroatoms. The quantitative estimate of drug-likeness (QED) is 0.112. The number of anilines is 12.